The van der Waals surface area contributed by atoms with Crippen LogP contribution in [0.5, 0.6) is 5.75 Å². The van der Waals surface area contributed by atoms with Crippen molar-refractivity contribution in [2.45, 2.75) is 25.7 Å². The van der Waals surface area contributed by atoms with Crippen LogP contribution in [-0.4, -0.2) is 31.8 Å². The van der Waals surface area contributed by atoms with Gasteiger partial charge in [-0.15, -0.1) is 0 Å². The molecule has 0 aromatic heterocycles. The number of ether oxygens (including phenoxy) is 2. The number of hydrogen-bond donors (Lipinski definition) is 0. The molecule has 1 aromatic rings. The molecular formula is C17H18O5. The molecule has 5 nitrogen and oxygen atoms in total. The van der Waals surface area contributed by atoms with Crippen LogP contribution in [-0.2, 0) is 14.3 Å². The minimum atomic E-state index is -1.08. The van der Waals surface area contributed by atoms with Gasteiger partial charge in [-0.1, -0.05) is 0 Å². The number of carbonyl (C=O) groups excluding carboxylic acids is 3. The number of hydrogen-bond acceptors (Lipinski definition) is 5. The molecule has 2 saturated carbocycles. The van der Waals surface area contributed by atoms with Crippen molar-refractivity contribution in [2.24, 2.45) is 10.8 Å². The molecule has 0 N–H and O–H groups in total. The first-order chi connectivity index (χ1) is 10.5. The molecule has 5 heteroatoms. The molecule has 116 valence electrons. The van der Waals surface area contributed by atoms with Crippen molar-refractivity contribution in [3.05, 3.63) is 29.8 Å². The Labute approximate surface area is 128 Å². The number of esters is 1. The van der Waals surface area contributed by atoms with Crippen molar-refractivity contribution < 1.29 is 23.9 Å². The lowest BCUT2D eigenvalue weighted by molar-refractivity contribution is -0.152. The third-order valence-electron chi connectivity index (χ3n) is 4.73. The van der Waals surface area contributed by atoms with Gasteiger partial charge < -0.3 is 9.47 Å². The summed E-state index contributed by atoms with van der Waals surface area (Å²) in [5, 5.41) is 0. The molecule has 0 unspecified atom stereocenters. The smallest absolute Gasteiger partial charge is 0.319 e. The second-order valence-electron chi connectivity index (χ2n) is 6.04. The molecular weight excluding hydrogens is 284 g/mol. The van der Waals surface area contributed by atoms with Crippen LogP contribution in [0.3, 0.4) is 0 Å². The first-order valence-corrected chi connectivity index (χ1v) is 7.32. The standard InChI is InChI=1S/C17H18O5/c1-21-12-5-3-11(4-6-12)13(18)16(7-8-16)14(19)17(9-10-17)15(20)22-2/h3-6H,7-10H2,1-2H3. The second-order valence-corrected chi connectivity index (χ2v) is 6.04. The summed E-state index contributed by atoms with van der Waals surface area (Å²) in [5.41, 5.74) is -1.63. The lowest BCUT2D eigenvalue weighted by Crippen LogP contribution is -2.37. The van der Waals surface area contributed by atoms with E-state index in [0.29, 0.717) is 37.0 Å². The Kier molecular flexibility index (Phi) is 3.31. The average Bonchev–Trinajstić information content (AvgIpc) is 3.46. The Hall–Kier alpha value is -2.17. The van der Waals surface area contributed by atoms with E-state index in [1.54, 1.807) is 31.4 Å². The number of benzene rings is 1. The molecule has 2 fully saturated rings. The van der Waals surface area contributed by atoms with E-state index in [-0.39, 0.29) is 11.6 Å². The van der Waals surface area contributed by atoms with E-state index in [0.717, 1.165) is 0 Å². The normalized spacial score (nSPS) is 19.9. The number of carbonyl (C=O) groups is 3. The van der Waals surface area contributed by atoms with Crippen molar-refractivity contribution in [3.63, 3.8) is 0 Å². The topological polar surface area (TPSA) is 69.7 Å². The Morgan fingerprint density at radius 3 is 1.86 bits per heavy atom. The van der Waals surface area contributed by atoms with Gasteiger partial charge in [-0.25, -0.2) is 0 Å². The molecule has 0 spiro atoms. The quantitative estimate of drug-likeness (QED) is 0.457. The van der Waals surface area contributed by atoms with Gasteiger partial charge in [0.2, 0.25) is 0 Å². The molecule has 0 radical (unpaired) electrons. The van der Waals surface area contributed by atoms with E-state index >= 15 is 0 Å². The van der Waals surface area contributed by atoms with Crippen molar-refractivity contribution in [2.75, 3.05) is 14.2 Å². The summed E-state index contributed by atoms with van der Waals surface area (Å²) < 4.78 is 9.82. The highest BCUT2D eigenvalue weighted by atomic mass is 16.5. The SMILES string of the molecule is COC(=O)C1(C(=O)C2(C(=O)c3ccc(OC)cc3)CC2)CC1. The summed E-state index contributed by atoms with van der Waals surface area (Å²) in [5.74, 6) is -0.310. The summed E-state index contributed by atoms with van der Waals surface area (Å²) in [6, 6.07) is 6.71. The zero-order chi connectivity index (χ0) is 16.0. The van der Waals surface area contributed by atoms with Crippen LogP contribution in [0.15, 0.2) is 24.3 Å². The van der Waals surface area contributed by atoms with E-state index in [1.165, 1.54) is 7.11 Å². The monoisotopic (exact) mass is 302 g/mol. The van der Waals surface area contributed by atoms with Crippen LogP contribution in [0.1, 0.15) is 36.0 Å². The molecule has 0 saturated heterocycles. The van der Waals surface area contributed by atoms with E-state index in [9.17, 15) is 14.4 Å². The average molecular weight is 302 g/mol. The summed E-state index contributed by atoms with van der Waals surface area (Å²) in [6.07, 6.45) is 1.98. The molecule has 0 aliphatic heterocycles. The van der Waals surface area contributed by atoms with Crippen molar-refractivity contribution in [3.8, 4) is 5.75 Å². The molecule has 0 bridgehead atoms. The maximum Gasteiger partial charge on any atom is 0.319 e. The largest absolute Gasteiger partial charge is 0.497 e. The summed E-state index contributed by atoms with van der Waals surface area (Å²) in [4.78, 5) is 37.4. The highest BCUT2D eigenvalue weighted by molar-refractivity contribution is 6.23. The second kappa shape index (κ2) is 4.93. The van der Waals surface area contributed by atoms with Gasteiger partial charge in [0.1, 0.15) is 11.2 Å². The third-order valence-corrected chi connectivity index (χ3v) is 4.73. The zero-order valence-corrected chi connectivity index (χ0v) is 12.7. The van der Waals surface area contributed by atoms with Crippen LogP contribution in [0.2, 0.25) is 0 Å². The van der Waals surface area contributed by atoms with E-state index < -0.39 is 16.8 Å². The van der Waals surface area contributed by atoms with Gasteiger partial charge in [0.05, 0.1) is 19.6 Å². The number of Topliss-reactive ketones (excluding diaryl/α,β-unsaturated/α-hetero) is 2. The van der Waals surface area contributed by atoms with E-state index in [2.05, 4.69) is 0 Å². The van der Waals surface area contributed by atoms with Gasteiger partial charge in [0, 0.05) is 5.56 Å². The number of rotatable bonds is 6. The van der Waals surface area contributed by atoms with Crippen molar-refractivity contribution >= 4 is 17.5 Å². The lowest BCUT2D eigenvalue weighted by atomic mass is 9.82. The fourth-order valence-corrected chi connectivity index (χ4v) is 3.00. The predicted octanol–water partition coefficient (Wildman–Crippen LogP) is 2.18. The van der Waals surface area contributed by atoms with E-state index in [4.69, 9.17) is 9.47 Å². The third kappa shape index (κ3) is 2.03. The summed E-state index contributed by atoms with van der Waals surface area (Å²) in [6.45, 7) is 0. The first kappa shape index (κ1) is 14.8. The molecule has 2 aliphatic rings. The van der Waals surface area contributed by atoms with Crippen LogP contribution < -0.4 is 4.74 Å². The molecule has 3 rings (SSSR count). The molecule has 0 amide bonds. The molecule has 2 aliphatic carbocycles. The Morgan fingerprint density at radius 1 is 0.909 bits per heavy atom. The highest BCUT2D eigenvalue weighted by Gasteiger charge is 2.69. The maximum atomic E-state index is 12.8. The van der Waals surface area contributed by atoms with Gasteiger partial charge in [-0.2, -0.15) is 0 Å². The van der Waals surface area contributed by atoms with Crippen LogP contribution in [0.4, 0.5) is 0 Å². The Balaban J connectivity index is 1.85. The van der Waals surface area contributed by atoms with Crippen molar-refractivity contribution in [1.29, 1.82) is 0 Å². The fraction of sp³-hybridized carbons (Fsp3) is 0.471. The maximum absolute atomic E-state index is 12.8. The van der Waals surface area contributed by atoms with Gasteiger partial charge in [-0.05, 0) is 49.9 Å². The van der Waals surface area contributed by atoms with Gasteiger partial charge in [0.15, 0.2) is 11.6 Å². The first-order valence-electron chi connectivity index (χ1n) is 7.32. The summed E-state index contributed by atoms with van der Waals surface area (Å²) in [7, 11) is 2.83. The Morgan fingerprint density at radius 2 is 1.45 bits per heavy atom. The Bertz CT molecular complexity index is 636. The van der Waals surface area contributed by atoms with E-state index in [1.807, 2.05) is 0 Å². The molecule has 22 heavy (non-hydrogen) atoms. The van der Waals surface area contributed by atoms with Gasteiger partial charge in [0.25, 0.3) is 0 Å². The summed E-state index contributed by atoms with van der Waals surface area (Å²) >= 11 is 0. The van der Waals surface area contributed by atoms with Gasteiger partial charge in [-0.3, -0.25) is 14.4 Å². The zero-order valence-electron chi connectivity index (χ0n) is 12.7. The highest BCUT2D eigenvalue weighted by Crippen LogP contribution is 2.60. The molecule has 0 atom stereocenters. The lowest BCUT2D eigenvalue weighted by Gasteiger charge is -2.19. The minimum absolute atomic E-state index is 0.199. The van der Waals surface area contributed by atoms with Gasteiger partial charge >= 0.3 is 5.97 Å². The van der Waals surface area contributed by atoms with Crippen LogP contribution >= 0.6 is 0 Å². The molecule has 1 aromatic carbocycles. The predicted molar refractivity (Wildman–Crippen MR) is 77.7 cm³/mol. The van der Waals surface area contributed by atoms with Crippen LogP contribution in [0.25, 0.3) is 0 Å². The fourth-order valence-electron chi connectivity index (χ4n) is 3.00. The van der Waals surface area contributed by atoms with Crippen LogP contribution in [0, 0.1) is 10.8 Å². The minimum Gasteiger partial charge on any atom is -0.497 e. The number of ketones is 2. The molecule has 0 heterocycles. The van der Waals surface area contributed by atoms with Crippen molar-refractivity contribution in [1.82, 2.24) is 0 Å². The number of methoxy groups -OCH3 is 2.